The Labute approximate surface area is 237 Å². The molecule has 2 unspecified atom stereocenters. The van der Waals surface area contributed by atoms with Crippen molar-refractivity contribution in [2.45, 2.75) is 84.8 Å². The summed E-state index contributed by atoms with van der Waals surface area (Å²) < 4.78 is 12.1. The number of para-hydroxylation sites is 1. The molecular formula is C34H50N2O3. The molecule has 4 rings (SSSR count). The van der Waals surface area contributed by atoms with Crippen molar-refractivity contribution >= 4 is 12.0 Å². The van der Waals surface area contributed by atoms with E-state index in [-0.39, 0.29) is 12.0 Å². The summed E-state index contributed by atoms with van der Waals surface area (Å²) in [6.45, 7) is 19.8. The van der Waals surface area contributed by atoms with Crippen LogP contribution in [0.15, 0.2) is 55.1 Å². The fourth-order valence-corrected chi connectivity index (χ4v) is 5.04. The highest BCUT2D eigenvalue weighted by molar-refractivity contribution is 5.79. The van der Waals surface area contributed by atoms with Gasteiger partial charge in [0.1, 0.15) is 23.7 Å². The lowest BCUT2D eigenvalue weighted by Gasteiger charge is -2.19. The molecule has 2 aromatic carbocycles. The third kappa shape index (κ3) is 10.0. The van der Waals surface area contributed by atoms with Gasteiger partial charge in [-0.25, -0.2) is 0 Å². The number of rotatable bonds is 12. The summed E-state index contributed by atoms with van der Waals surface area (Å²) in [5.74, 6) is 3.25. The van der Waals surface area contributed by atoms with Gasteiger partial charge in [-0.2, -0.15) is 0 Å². The Balaban J connectivity index is 0.000000216. The summed E-state index contributed by atoms with van der Waals surface area (Å²) in [6.07, 6.45) is 7.43. The van der Waals surface area contributed by atoms with E-state index in [1.54, 1.807) is 6.08 Å². The van der Waals surface area contributed by atoms with E-state index in [4.69, 9.17) is 9.47 Å². The summed E-state index contributed by atoms with van der Waals surface area (Å²) >= 11 is 0. The standard InChI is InChI=1S/C17H23NO2.C17H27NO/c1-4-14-5-7-15(8-6-14)20-16-11-17(19)18(12-16)10-9-13(2)3;1-4-5-11-18-12-10-15(13-18)19-17-9-7-6-8-16(17)14(2)3/h4-8,13,16H,1,9-12H2,2-3H3;6-9,14-15H,4-5,10-13H2,1-3H3. The molecule has 2 saturated heterocycles. The van der Waals surface area contributed by atoms with Crippen molar-refractivity contribution in [2.75, 3.05) is 32.7 Å². The number of ether oxygens (including phenoxy) is 2. The topological polar surface area (TPSA) is 42.0 Å². The highest BCUT2D eigenvalue weighted by Crippen LogP contribution is 2.28. The van der Waals surface area contributed by atoms with Crippen molar-refractivity contribution in [3.05, 3.63) is 66.2 Å². The van der Waals surface area contributed by atoms with Gasteiger partial charge in [-0.3, -0.25) is 9.69 Å². The highest BCUT2D eigenvalue weighted by atomic mass is 16.5. The van der Waals surface area contributed by atoms with E-state index in [0.717, 1.165) is 43.0 Å². The van der Waals surface area contributed by atoms with Gasteiger partial charge in [0.25, 0.3) is 0 Å². The van der Waals surface area contributed by atoms with Crippen LogP contribution in [0.5, 0.6) is 11.5 Å². The largest absolute Gasteiger partial charge is 0.489 e. The summed E-state index contributed by atoms with van der Waals surface area (Å²) in [7, 11) is 0. The smallest absolute Gasteiger partial charge is 0.226 e. The molecule has 0 N–H and O–H groups in total. The molecular weight excluding hydrogens is 484 g/mol. The van der Waals surface area contributed by atoms with E-state index in [0.29, 0.717) is 30.9 Å². The van der Waals surface area contributed by atoms with Gasteiger partial charge >= 0.3 is 0 Å². The first kappa shape index (κ1) is 30.7. The highest BCUT2D eigenvalue weighted by Gasteiger charge is 2.30. The molecule has 5 heteroatoms. The summed E-state index contributed by atoms with van der Waals surface area (Å²) in [5.41, 5.74) is 2.40. The van der Waals surface area contributed by atoms with Gasteiger partial charge in [0, 0.05) is 19.6 Å². The summed E-state index contributed by atoms with van der Waals surface area (Å²) in [4.78, 5) is 16.4. The molecule has 1 amide bonds. The fraction of sp³-hybridized carbons (Fsp3) is 0.559. The Kier molecular flexibility index (Phi) is 12.4. The SMILES string of the molecule is C=Cc1ccc(OC2CC(=O)N(CCC(C)C)C2)cc1.CCCCN1CCC(Oc2ccccc2C(C)C)C1. The maximum Gasteiger partial charge on any atom is 0.226 e. The van der Waals surface area contributed by atoms with Crippen LogP contribution in [0.2, 0.25) is 0 Å². The van der Waals surface area contributed by atoms with Crippen molar-refractivity contribution < 1.29 is 14.3 Å². The van der Waals surface area contributed by atoms with Crippen molar-refractivity contribution in [1.29, 1.82) is 0 Å². The van der Waals surface area contributed by atoms with Crippen molar-refractivity contribution in [2.24, 2.45) is 5.92 Å². The Morgan fingerprint density at radius 3 is 2.38 bits per heavy atom. The minimum absolute atomic E-state index is 0.0238. The van der Waals surface area contributed by atoms with Gasteiger partial charge < -0.3 is 14.4 Å². The molecule has 214 valence electrons. The van der Waals surface area contributed by atoms with Crippen LogP contribution in [-0.4, -0.2) is 60.6 Å². The molecule has 0 saturated carbocycles. The van der Waals surface area contributed by atoms with E-state index in [1.165, 1.54) is 31.5 Å². The fourth-order valence-electron chi connectivity index (χ4n) is 5.04. The predicted molar refractivity (Wildman–Crippen MR) is 163 cm³/mol. The van der Waals surface area contributed by atoms with Crippen LogP contribution in [0, 0.1) is 5.92 Å². The minimum Gasteiger partial charge on any atom is -0.489 e. The van der Waals surface area contributed by atoms with Gasteiger partial charge in [0.05, 0.1) is 13.0 Å². The van der Waals surface area contributed by atoms with E-state index in [1.807, 2.05) is 29.2 Å². The molecule has 0 radical (unpaired) electrons. The molecule has 5 nitrogen and oxygen atoms in total. The Morgan fingerprint density at radius 1 is 0.974 bits per heavy atom. The zero-order valence-corrected chi connectivity index (χ0v) is 24.9. The molecule has 0 bridgehead atoms. The average Bonchev–Trinajstić information content (AvgIpc) is 3.52. The molecule has 0 spiro atoms. The van der Waals surface area contributed by atoms with Gasteiger partial charge in [-0.1, -0.05) is 84.0 Å². The molecule has 0 aliphatic carbocycles. The molecule has 2 aromatic rings. The molecule has 2 atom stereocenters. The first-order valence-corrected chi connectivity index (χ1v) is 14.9. The maximum atomic E-state index is 11.9. The third-order valence-corrected chi connectivity index (χ3v) is 7.47. The lowest BCUT2D eigenvalue weighted by molar-refractivity contribution is -0.127. The summed E-state index contributed by atoms with van der Waals surface area (Å²) in [6, 6.07) is 16.3. The second-order valence-electron chi connectivity index (χ2n) is 11.6. The second kappa shape index (κ2) is 15.7. The molecule has 2 aliphatic rings. The average molecular weight is 535 g/mol. The minimum atomic E-state index is -0.0238. The second-order valence-corrected chi connectivity index (χ2v) is 11.6. The number of nitrogens with zero attached hydrogens (tertiary/aromatic N) is 2. The first-order valence-electron chi connectivity index (χ1n) is 14.9. The van der Waals surface area contributed by atoms with Gasteiger partial charge in [0.2, 0.25) is 5.91 Å². The Morgan fingerprint density at radius 2 is 1.72 bits per heavy atom. The number of unbranched alkanes of at least 4 members (excludes halogenated alkanes) is 1. The van der Waals surface area contributed by atoms with Crippen LogP contribution in [0.3, 0.4) is 0 Å². The van der Waals surface area contributed by atoms with Crippen LogP contribution in [-0.2, 0) is 4.79 Å². The quantitative estimate of drug-likeness (QED) is 0.284. The third-order valence-electron chi connectivity index (χ3n) is 7.47. The first-order chi connectivity index (χ1) is 18.8. The van der Waals surface area contributed by atoms with Gasteiger partial charge in [-0.15, -0.1) is 0 Å². The van der Waals surface area contributed by atoms with Gasteiger partial charge in [0.15, 0.2) is 0 Å². The zero-order valence-electron chi connectivity index (χ0n) is 24.9. The van der Waals surface area contributed by atoms with E-state index in [2.05, 4.69) is 70.4 Å². The molecule has 2 heterocycles. The lowest BCUT2D eigenvalue weighted by atomic mass is 10.0. The van der Waals surface area contributed by atoms with Crippen LogP contribution in [0.25, 0.3) is 6.08 Å². The van der Waals surface area contributed by atoms with Crippen LogP contribution in [0.4, 0.5) is 0 Å². The van der Waals surface area contributed by atoms with Crippen LogP contribution < -0.4 is 9.47 Å². The summed E-state index contributed by atoms with van der Waals surface area (Å²) in [5, 5.41) is 0. The van der Waals surface area contributed by atoms with Crippen molar-refractivity contribution in [3.8, 4) is 11.5 Å². The van der Waals surface area contributed by atoms with E-state index >= 15 is 0 Å². The number of hydrogen-bond acceptors (Lipinski definition) is 4. The Bertz CT molecular complexity index is 1020. The Hall–Kier alpha value is -2.79. The number of benzene rings is 2. The molecule has 2 fully saturated rings. The number of carbonyl (C=O) groups excluding carboxylic acids is 1. The van der Waals surface area contributed by atoms with E-state index in [9.17, 15) is 4.79 Å². The lowest BCUT2D eigenvalue weighted by Crippen LogP contribution is -2.28. The number of carbonyl (C=O) groups is 1. The number of hydrogen-bond donors (Lipinski definition) is 0. The normalized spacial score (nSPS) is 19.4. The van der Waals surface area contributed by atoms with Gasteiger partial charge in [-0.05, 0) is 67.0 Å². The molecule has 0 aromatic heterocycles. The molecule has 2 aliphatic heterocycles. The van der Waals surface area contributed by atoms with Crippen LogP contribution in [0.1, 0.15) is 83.8 Å². The van der Waals surface area contributed by atoms with Crippen molar-refractivity contribution in [1.82, 2.24) is 9.80 Å². The number of likely N-dealkylation sites (tertiary alicyclic amines) is 2. The monoisotopic (exact) mass is 534 g/mol. The predicted octanol–water partition coefficient (Wildman–Crippen LogP) is 7.42. The van der Waals surface area contributed by atoms with Crippen LogP contribution >= 0.6 is 0 Å². The van der Waals surface area contributed by atoms with E-state index < -0.39 is 0 Å². The molecule has 39 heavy (non-hydrogen) atoms. The number of amides is 1. The zero-order chi connectivity index (χ0) is 28.2. The maximum absolute atomic E-state index is 11.9. The van der Waals surface area contributed by atoms with Crippen molar-refractivity contribution in [3.63, 3.8) is 0 Å².